The van der Waals surface area contributed by atoms with Crippen molar-refractivity contribution in [3.63, 3.8) is 0 Å². The molecule has 0 aromatic heterocycles. The van der Waals surface area contributed by atoms with Gasteiger partial charge in [-0.25, -0.2) is 4.39 Å². The van der Waals surface area contributed by atoms with Crippen LogP contribution < -0.4 is 5.32 Å². The summed E-state index contributed by atoms with van der Waals surface area (Å²) in [5.74, 6) is -0.240. The van der Waals surface area contributed by atoms with E-state index in [1.165, 1.54) is 12.1 Å². The highest BCUT2D eigenvalue weighted by atomic mass is 19.1. The molecule has 0 unspecified atom stereocenters. The van der Waals surface area contributed by atoms with Gasteiger partial charge in [-0.3, -0.25) is 9.59 Å². The number of nitrogens with zero attached hydrogens (tertiary/aromatic N) is 1. The fourth-order valence-electron chi connectivity index (χ4n) is 4.12. The number of likely N-dealkylation sites (tertiary alicyclic amines) is 1. The molecule has 4 rings (SSSR count). The highest BCUT2D eigenvalue weighted by Gasteiger charge is 2.44. The van der Waals surface area contributed by atoms with Crippen molar-refractivity contribution in [2.45, 2.75) is 31.1 Å². The van der Waals surface area contributed by atoms with Gasteiger partial charge in [-0.15, -0.1) is 0 Å². The molecule has 2 aromatic carbocycles. The average Bonchev–Trinajstić information content (AvgIpc) is 3.58. The van der Waals surface area contributed by atoms with Gasteiger partial charge in [0.1, 0.15) is 5.82 Å². The van der Waals surface area contributed by atoms with E-state index in [9.17, 15) is 14.0 Å². The summed E-state index contributed by atoms with van der Waals surface area (Å²) >= 11 is 0. The Bertz CT molecular complexity index is 912. The molecule has 0 atom stereocenters. The molecular formula is C25H27FN2O2. The van der Waals surface area contributed by atoms with Crippen LogP contribution in [0.4, 0.5) is 4.39 Å². The van der Waals surface area contributed by atoms with E-state index >= 15 is 0 Å². The summed E-state index contributed by atoms with van der Waals surface area (Å²) in [6.45, 7) is 1.79. The van der Waals surface area contributed by atoms with Gasteiger partial charge in [0.05, 0.1) is 0 Å². The van der Waals surface area contributed by atoms with Crippen LogP contribution >= 0.6 is 0 Å². The second kappa shape index (κ2) is 8.82. The molecule has 5 heteroatoms. The maximum absolute atomic E-state index is 13.2. The zero-order chi connectivity index (χ0) is 21.0. The lowest BCUT2D eigenvalue weighted by molar-refractivity contribution is -0.132. The van der Waals surface area contributed by atoms with Crippen molar-refractivity contribution < 1.29 is 14.0 Å². The summed E-state index contributed by atoms with van der Waals surface area (Å²) < 4.78 is 13.2. The molecule has 2 fully saturated rings. The molecule has 1 saturated carbocycles. The lowest BCUT2D eigenvalue weighted by Crippen LogP contribution is -2.43. The van der Waals surface area contributed by atoms with Gasteiger partial charge in [-0.1, -0.05) is 42.5 Å². The summed E-state index contributed by atoms with van der Waals surface area (Å²) in [6.07, 6.45) is 6.82. The number of halogens is 1. The molecule has 1 aliphatic heterocycles. The molecule has 4 nitrogen and oxygen atoms in total. The monoisotopic (exact) mass is 406 g/mol. The Hall–Kier alpha value is -2.95. The quantitative estimate of drug-likeness (QED) is 0.739. The van der Waals surface area contributed by atoms with Crippen molar-refractivity contribution in [3.8, 4) is 0 Å². The number of nitrogens with one attached hydrogen (secondary N) is 1. The van der Waals surface area contributed by atoms with E-state index in [0.29, 0.717) is 32.5 Å². The van der Waals surface area contributed by atoms with Crippen LogP contribution in [-0.4, -0.2) is 36.3 Å². The van der Waals surface area contributed by atoms with Crippen molar-refractivity contribution in [1.29, 1.82) is 0 Å². The smallest absolute Gasteiger partial charge is 0.246 e. The zero-order valence-electron chi connectivity index (χ0n) is 17.0. The molecule has 2 aromatic rings. The number of hydrogen-bond donors (Lipinski definition) is 1. The number of carbonyl (C=O) groups is 2. The number of hydrogen-bond acceptors (Lipinski definition) is 2. The summed E-state index contributed by atoms with van der Waals surface area (Å²) in [4.78, 5) is 26.9. The standard InChI is InChI=1S/C25H27FN2O2/c26-22-9-7-21(8-10-22)25(14-15-25)18-27-24(30)20-12-16-28(17-13-20)23(29)11-6-19-4-2-1-3-5-19/h1-11,20H,12-18H2,(H,27,30). The Morgan fingerprint density at radius 2 is 1.70 bits per heavy atom. The first kappa shape index (κ1) is 20.3. The van der Waals surface area contributed by atoms with Crippen molar-refractivity contribution >= 4 is 17.9 Å². The van der Waals surface area contributed by atoms with Gasteiger partial charge in [0, 0.05) is 37.0 Å². The lowest BCUT2D eigenvalue weighted by Gasteiger charge is -2.31. The van der Waals surface area contributed by atoms with Crippen LogP contribution in [0.15, 0.2) is 60.7 Å². The molecule has 0 bridgehead atoms. The van der Waals surface area contributed by atoms with Gasteiger partial charge < -0.3 is 10.2 Å². The van der Waals surface area contributed by atoms with Gasteiger partial charge in [0.2, 0.25) is 11.8 Å². The minimum Gasteiger partial charge on any atom is -0.355 e. The maximum Gasteiger partial charge on any atom is 0.246 e. The van der Waals surface area contributed by atoms with Crippen molar-refractivity contribution in [3.05, 3.63) is 77.6 Å². The van der Waals surface area contributed by atoms with Gasteiger partial charge in [0.15, 0.2) is 0 Å². The SMILES string of the molecule is O=C(NCC1(c2ccc(F)cc2)CC1)C1CCN(C(=O)C=Cc2ccccc2)CC1. The average molecular weight is 407 g/mol. The number of rotatable bonds is 6. The summed E-state index contributed by atoms with van der Waals surface area (Å²) in [5.41, 5.74) is 2.05. The summed E-state index contributed by atoms with van der Waals surface area (Å²) in [5, 5.41) is 3.11. The number of amides is 2. The van der Waals surface area contributed by atoms with Crippen LogP contribution in [0.2, 0.25) is 0 Å². The van der Waals surface area contributed by atoms with Crippen molar-refractivity contribution in [2.75, 3.05) is 19.6 Å². The van der Waals surface area contributed by atoms with Crippen LogP contribution in [0.5, 0.6) is 0 Å². The summed E-state index contributed by atoms with van der Waals surface area (Å²) in [6, 6.07) is 16.3. The van der Waals surface area contributed by atoms with Gasteiger partial charge in [-0.2, -0.15) is 0 Å². The molecular weight excluding hydrogens is 379 g/mol. The Morgan fingerprint density at radius 1 is 1.03 bits per heavy atom. The third kappa shape index (κ3) is 4.78. The second-order valence-electron chi connectivity index (χ2n) is 8.35. The fourth-order valence-corrected chi connectivity index (χ4v) is 4.12. The molecule has 1 aliphatic carbocycles. The summed E-state index contributed by atoms with van der Waals surface area (Å²) in [7, 11) is 0. The van der Waals surface area contributed by atoms with E-state index in [1.54, 1.807) is 6.08 Å². The van der Waals surface area contributed by atoms with Crippen LogP contribution in [0.1, 0.15) is 36.8 Å². The van der Waals surface area contributed by atoms with E-state index in [1.807, 2.05) is 53.4 Å². The van der Waals surface area contributed by atoms with E-state index in [0.717, 1.165) is 24.0 Å². The molecule has 2 amide bonds. The Kier molecular flexibility index (Phi) is 5.98. The third-order valence-electron chi connectivity index (χ3n) is 6.31. The largest absolute Gasteiger partial charge is 0.355 e. The Labute approximate surface area is 176 Å². The van der Waals surface area contributed by atoms with Gasteiger partial charge in [-0.05, 0) is 55.0 Å². The maximum atomic E-state index is 13.2. The molecule has 0 spiro atoms. The molecule has 156 valence electrons. The first-order chi connectivity index (χ1) is 14.6. The Morgan fingerprint density at radius 3 is 2.33 bits per heavy atom. The minimum atomic E-state index is -0.237. The molecule has 1 heterocycles. The zero-order valence-corrected chi connectivity index (χ0v) is 17.0. The minimum absolute atomic E-state index is 0.00838. The molecule has 30 heavy (non-hydrogen) atoms. The molecule has 1 saturated heterocycles. The predicted octanol–water partition coefficient (Wildman–Crippen LogP) is 3.93. The third-order valence-corrected chi connectivity index (χ3v) is 6.31. The number of benzene rings is 2. The normalized spacial score (nSPS) is 18.4. The highest BCUT2D eigenvalue weighted by molar-refractivity contribution is 5.92. The molecule has 2 aliphatic rings. The van der Waals surface area contributed by atoms with Gasteiger partial charge >= 0.3 is 0 Å². The van der Waals surface area contributed by atoms with Crippen LogP contribution in [0.3, 0.4) is 0 Å². The van der Waals surface area contributed by atoms with E-state index < -0.39 is 0 Å². The highest BCUT2D eigenvalue weighted by Crippen LogP contribution is 2.47. The number of piperidine rings is 1. The van der Waals surface area contributed by atoms with E-state index in [-0.39, 0.29) is 29.0 Å². The van der Waals surface area contributed by atoms with E-state index in [4.69, 9.17) is 0 Å². The Balaban J connectivity index is 1.24. The first-order valence-electron chi connectivity index (χ1n) is 10.6. The number of carbonyl (C=O) groups excluding carboxylic acids is 2. The molecule has 1 N–H and O–H groups in total. The second-order valence-corrected chi connectivity index (χ2v) is 8.35. The van der Waals surface area contributed by atoms with Crippen molar-refractivity contribution in [2.24, 2.45) is 5.92 Å². The van der Waals surface area contributed by atoms with E-state index in [2.05, 4.69) is 5.32 Å². The van der Waals surface area contributed by atoms with Crippen LogP contribution in [0, 0.1) is 11.7 Å². The molecule has 0 radical (unpaired) electrons. The van der Waals surface area contributed by atoms with Gasteiger partial charge in [0.25, 0.3) is 0 Å². The fraction of sp³-hybridized carbons (Fsp3) is 0.360. The predicted molar refractivity (Wildman–Crippen MR) is 115 cm³/mol. The van der Waals surface area contributed by atoms with Crippen LogP contribution in [-0.2, 0) is 15.0 Å². The lowest BCUT2D eigenvalue weighted by atomic mass is 9.93. The van der Waals surface area contributed by atoms with Crippen LogP contribution in [0.25, 0.3) is 6.08 Å². The first-order valence-corrected chi connectivity index (χ1v) is 10.6. The van der Waals surface area contributed by atoms with Crippen molar-refractivity contribution in [1.82, 2.24) is 10.2 Å². The topological polar surface area (TPSA) is 49.4 Å².